The maximum absolute atomic E-state index is 4.52. The standard InChI is InChI=1S/C15H27N3/c1-13(2)11-16-9-6-10-18(4)12-15-8-5-7-14(3)17-15/h5,7-8,13,16H,6,9-12H2,1-4H3. The summed E-state index contributed by atoms with van der Waals surface area (Å²) in [6.07, 6.45) is 1.19. The first-order chi connectivity index (χ1) is 8.58. The van der Waals surface area contributed by atoms with Gasteiger partial charge in [0, 0.05) is 12.2 Å². The monoisotopic (exact) mass is 249 g/mol. The molecule has 18 heavy (non-hydrogen) atoms. The zero-order valence-electron chi connectivity index (χ0n) is 12.2. The Kier molecular flexibility index (Phi) is 6.91. The fourth-order valence-corrected chi connectivity index (χ4v) is 1.91. The molecule has 0 aliphatic carbocycles. The van der Waals surface area contributed by atoms with Gasteiger partial charge in [0.2, 0.25) is 0 Å². The Bertz CT molecular complexity index is 336. The first-order valence-electron chi connectivity index (χ1n) is 6.89. The van der Waals surface area contributed by atoms with Gasteiger partial charge in [-0.05, 0) is 58.1 Å². The molecule has 0 atom stereocenters. The molecule has 0 aliphatic rings. The fraction of sp³-hybridized carbons (Fsp3) is 0.667. The van der Waals surface area contributed by atoms with E-state index in [-0.39, 0.29) is 0 Å². The van der Waals surface area contributed by atoms with E-state index in [1.54, 1.807) is 0 Å². The summed E-state index contributed by atoms with van der Waals surface area (Å²) in [6, 6.07) is 6.22. The van der Waals surface area contributed by atoms with E-state index in [0.717, 1.165) is 43.5 Å². The van der Waals surface area contributed by atoms with Crippen molar-refractivity contribution in [3.05, 3.63) is 29.6 Å². The van der Waals surface area contributed by atoms with Crippen molar-refractivity contribution in [2.24, 2.45) is 5.92 Å². The van der Waals surface area contributed by atoms with E-state index >= 15 is 0 Å². The van der Waals surface area contributed by atoms with Crippen molar-refractivity contribution in [1.82, 2.24) is 15.2 Å². The van der Waals surface area contributed by atoms with Crippen molar-refractivity contribution >= 4 is 0 Å². The molecule has 0 unspecified atom stereocenters. The van der Waals surface area contributed by atoms with Crippen LogP contribution in [0.5, 0.6) is 0 Å². The van der Waals surface area contributed by atoms with Gasteiger partial charge in [-0.3, -0.25) is 4.98 Å². The van der Waals surface area contributed by atoms with Crippen molar-refractivity contribution < 1.29 is 0 Å². The summed E-state index contributed by atoms with van der Waals surface area (Å²) in [6.45, 7) is 10.8. The summed E-state index contributed by atoms with van der Waals surface area (Å²) in [7, 11) is 2.16. The minimum atomic E-state index is 0.735. The minimum Gasteiger partial charge on any atom is -0.316 e. The lowest BCUT2D eigenvalue weighted by molar-refractivity contribution is 0.315. The maximum atomic E-state index is 4.52. The summed E-state index contributed by atoms with van der Waals surface area (Å²) in [5, 5.41) is 3.47. The zero-order chi connectivity index (χ0) is 13.4. The summed E-state index contributed by atoms with van der Waals surface area (Å²) < 4.78 is 0. The number of pyridine rings is 1. The lowest BCUT2D eigenvalue weighted by Crippen LogP contribution is -2.26. The van der Waals surface area contributed by atoms with Gasteiger partial charge < -0.3 is 10.2 Å². The lowest BCUT2D eigenvalue weighted by atomic mass is 10.2. The number of aryl methyl sites for hydroxylation is 1. The highest BCUT2D eigenvalue weighted by Crippen LogP contribution is 2.02. The van der Waals surface area contributed by atoms with Gasteiger partial charge in [-0.1, -0.05) is 19.9 Å². The van der Waals surface area contributed by atoms with E-state index in [2.05, 4.69) is 48.2 Å². The maximum Gasteiger partial charge on any atom is 0.0547 e. The molecule has 0 aromatic carbocycles. The normalized spacial score (nSPS) is 11.4. The topological polar surface area (TPSA) is 28.2 Å². The molecular formula is C15H27N3. The van der Waals surface area contributed by atoms with Crippen molar-refractivity contribution in [3.8, 4) is 0 Å². The van der Waals surface area contributed by atoms with Crippen LogP contribution in [0.15, 0.2) is 18.2 Å². The van der Waals surface area contributed by atoms with Crippen LogP contribution in [0.25, 0.3) is 0 Å². The molecule has 1 heterocycles. The van der Waals surface area contributed by atoms with E-state index < -0.39 is 0 Å². The van der Waals surface area contributed by atoms with Crippen LogP contribution in [0.1, 0.15) is 31.7 Å². The summed E-state index contributed by atoms with van der Waals surface area (Å²) >= 11 is 0. The van der Waals surface area contributed by atoms with Crippen LogP contribution >= 0.6 is 0 Å². The quantitative estimate of drug-likeness (QED) is 0.717. The van der Waals surface area contributed by atoms with Crippen molar-refractivity contribution in [2.45, 2.75) is 33.7 Å². The third kappa shape index (κ3) is 6.72. The number of nitrogens with zero attached hydrogens (tertiary/aromatic N) is 2. The van der Waals surface area contributed by atoms with Gasteiger partial charge >= 0.3 is 0 Å². The van der Waals surface area contributed by atoms with E-state index in [1.165, 1.54) is 6.42 Å². The molecule has 1 aromatic heterocycles. The van der Waals surface area contributed by atoms with Gasteiger partial charge in [0.05, 0.1) is 5.69 Å². The van der Waals surface area contributed by atoms with Crippen LogP contribution in [0.2, 0.25) is 0 Å². The molecule has 0 amide bonds. The predicted molar refractivity (Wildman–Crippen MR) is 77.6 cm³/mol. The first kappa shape index (κ1) is 15.1. The second-order valence-electron chi connectivity index (χ2n) is 5.46. The second-order valence-corrected chi connectivity index (χ2v) is 5.46. The SMILES string of the molecule is Cc1cccc(CN(C)CCCNCC(C)C)n1. The van der Waals surface area contributed by atoms with Crippen molar-refractivity contribution in [2.75, 3.05) is 26.7 Å². The zero-order valence-corrected chi connectivity index (χ0v) is 12.2. The average Bonchev–Trinajstić information content (AvgIpc) is 2.28. The lowest BCUT2D eigenvalue weighted by Gasteiger charge is -2.16. The Morgan fingerprint density at radius 1 is 1.33 bits per heavy atom. The largest absolute Gasteiger partial charge is 0.316 e. The number of aromatic nitrogens is 1. The van der Waals surface area contributed by atoms with Crippen LogP contribution in [-0.2, 0) is 6.54 Å². The minimum absolute atomic E-state index is 0.735. The van der Waals surface area contributed by atoms with E-state index in [9.17, 15) is 0 Å². The van der Waals surface area contributed by atoms with Crippen LogP contribution < -0.4 is 5.32 Å². The number of hydrogen-bond donors (Lipinski definition) is 1. The molecule has 0 saturated carbocycles. The smallest absolute Gasteiger partial charge is 0.0547 e. The molecule has 0 radical (unpaired) electrons. The first-order valence-corrected chi connectivity index (χ1v) is 6.89. The highest BCUT2D eigenvalue weighted by Gasteiger charge is 2.01. The second kappa shape index (κ2) is 8.22. The summed E-state index contributed by atoms with van der Waals surface area (Å²) in [5.74, 6) is 0.735. The van der Waals surface area contributed by atoms with Crippen molar-refractivity contribution in [1.29, 1.82) is 0 Å². The Morgan fingerprint density at radius 2 is 2.11 bits per heavy atom. The van der Waals surface area contributed by atoms with Gasteiger partial charge in [-0.25, -0.2) is 0 Å². The third-order valence-electron chi connectivity index (χ3n) is 2.82. The molecule has 0 saturated heterocycles. The molecule has 0 spiro atoms. The van der Waals surface area contributed by atoms with Gasteiger partial charge in [-0.2, -0.15) is 0 Å². The molecule has 1 aromatic rings. The van der Waals surface area contributed by atoms with E-state index in [4.69, 9.17) is 0 Å². The van der Waals surface area contributed by atoms with Crippen molar-refractivity contribution in [3.63, 3.8) is 0 Å². The molecule has 3 nitrogen and oxygen atoms in total. The van der Waals surface area contributed by atoms with Gasteiger partial charge in [-0.15, -0.1) is 0 Å². The fourth-order valence-electron chi connectivity index (χ4n) is 1.91. The number of hydrogen-bond acceptors (Lipinski definition) is 3. The molecule has 3 heteroatoms. The molecule has 1 N–H and O–H groups in total. The van der Waals surface area contributed by atoms with Gasteiger partial charge in [0.25, 0.3) is 0 Å². The predicted octanol–water partition coefficient (Wildman–Crippen LogP) is 2.46. The van der Waals surface area contributed by atoms with Crippen LogP contribution in [0, 0.1) is 12.8 Å². The Labute approximate surface area is 112 Å². The molecule has 0 fully saturated rings. The Morgan fingerprint density at radius 3 is 2.78 bits per heavy atom. The Hall–Kier alpha value is -0.930. The van der Waals surface area contributed by atoms with Crippen LogP contribution in [-0.4, -0.2) is 36.6 Å². The van der Waals surface area contributed by atoms with Crippen LogP contribution in [0.3, 0.4) is 0 Å². The average molecular weight is 249 g/mol. The molecular weight excluding hydrogens is 222 g/mol. The highest BCUT2D eigenvalue weighted by atomic mass is 15.1. The third-order valence-corrected chi connectivity index (χ3v) is 2.82. The molecule has 0 bridgehead atoms. The summed E-state index contributed by atoms with van der Waals surface area (Å²) in [4.78, 5) is 6.86. The Balaban J connectivity index is 2.16. The molecule has 0 aliphatic heterocycles. The van der Waals surface area contributed by atoms with E-state index in [0.29, 0.717) is 0 Å². The number of rotatable bonds is 8. The molecule has 1 rings (SSSR count). The summed E-state index contributed by atoms with van der Waals surface area (Å²) in [5.41, 5.74) is 2.26. The molecule has 102 valence electrons. The van der Waals surface area contributed by atoms with Crippen LogP contribution in [0.4, 0.5) is 0 Å². The highest BCUT2D eigenvalue weighted by molar-refractivity contribution is 5.09. The van der Waals surface area contributed by atoms with Gasteiger partial charge in [0.15, 0.2) is 0 Å². The van der Waals surface area contributed by atoms with E-state index in [1.807, 2.05) is 13.0 Å². The van der Waals surface area contributed by atoms with Gasteiger partial charge in [0.1, 0.15) is 0 Å². The number of nitrogens with one attached hydrogen (secondary N) is 1.